The fraction of sp³-hybridized carbons (Fsp3) is 0.550. The summed E-state index contributed by atoms with van der Waals surface area (Å²) < 4.78 is 5.39. The Morgan fingerprint density at radius 3 is 2.69 bits per heavy atom. The molecule has 176 valence electrons. The molecule has 6 N–H and O–H groups in total. The summed E-state index contributed by atoms with van der Waals surface area (Å²) in [6.45, 7) is 1.36. The lowest BCUT2D eigenvalue weighted by molar-refractivity contribution is -0.140. The number of carboxylic acids is 2. The van der Waals surface area contributed by atoms with Crippen molar-refractivity contribution in [3.8, 4) is 0 Å². The number of hydrogen-bond donors (Lipinski definition) is 5. The number of ether oxygens (including phenoxy) is 1. The van der Waals surface area contributed by atoms with Crippen molar-refractivity contribution in [1.82, 2.24) is 10.6 Å². The van der Waals surface area contributed by atoms with Gasteiger partial charge >= 0.3 is 17.9 Å². The summed E-state index contributed by atoms with van der Waals surface area (Å²) in [5.74, 6) is -3.85. The summed E-state index contributed by atoms with van der Waals surface area (Å²) in [6, 6.07) is -2.29. The molecule has 0 radical (unpaired) electrons. The molecular formula is C20H27N3O8S. The first-order chi connectivity index (χ1) is 15.1. The van der Waals surface area contributed by atoms with Gasteiger partial charge in [-0.25, -0.2) is 4.79 Å². The van der Waals surface area contributed by atoms with E-state index in [1.807, 2.05) is 13.0 Å². The zero-order chi connectivity index (χ0) is 23.8. The van der Waals surface area contributed by atoms with Crippen LogP contribution in [0.1, 0.15) is 32.6 Å². The molecule has 2 aliphatic rings. The molecular weight excluding hydrogens is 442 g/mol. The van der Waals surface area contributed by atoms with Crippen molar-refractivity contribution in [2.75, 3.05) is 18.1 Å². The average Bonchev–Trinajstić information content (AvgIpc) is 3.03. The minimum absolute atomic E-state index is 0.0690. The van der Waals surface area contributed by atoms with Gasteiger partial charge in [-0.05, 0) is 26.2 Å². The minimum atomic E-state index is -1.24. The van der Waals surface area contributed by atoms with Crippen LogP contribution in [-0.4, -0.2) is 76.2 Å². The summed E-state index contributed by atoms with van der Waals surface area (Å²) in [5.41, 5.74) is 7.88. The monoisotopic (exact) mass is 469 g/mol. The average molecular weight is 470 g/mol. The zero-order valence-corrected chi connectivity index (χ0v) is 18.4. The van der Waals surface area contributed by atoms with E-state index in [9.17, 15) is 24.0 Å². The normalized spacial score (nSPS) is 19.4. The Kier molecular flexibility index (Phi) is 9.27. The number of carbonyl (C=O) groups is 5. The van der Waals surface area contributed by atoms with E-state index in [1.165, 1.54) is 11.8 Å². The van der Waals surface area contributed by atoms with E-state index in [0.29, 0.717) is 5.57 Å². The standard InChI is InChI=1S/C20H27N3O8S/c1-10-2-4-15-11(6-10)12(20(30)31-15)8-32-9-14(18(27)22-7-17(25)26)23-16(24)5-3-13(21)19(28)29/h6,13-15H,2-5,7-9,21H2,1H3,(H,22,27)(H,23,24)(H,25,26)(H,28,29)/t13-,14-,15+/m0/s1. The summed E-state index contributed by atoms with van der Waals surface area (Å²) in [6.07, 6.45) is 2.94. The lowest BCUT2D eigenvalue weighted by atomic mass is 9.92. The van der Waals surface area contributed by atoms with Crippen LogP contribution in [0, 0.1) is 0 Å². The number of carboxylic acid groups (broad SMARTS) is 2. The highest BCUT2D eigenvalue weighted by Gasteiger charge is 2.34. The Morgan fingerprint density at radius 1 is 1.31 bits per heavy atom. The van der Waals surface area contributed by atoms with Gasteiger partial charge in [0, 0.05) is 23.5 Å². The van der Waals surface area contributed by atoms with Crippen molar-refractivity contribution < 1.29 is 38.9 Å². The highest BCUT2D eigenvalue weighted by Crippen LogP contribution is 2.34. The molecule has 1 aliphatic heterocycles. The number of nitrogens with one attached hydrogen (secondary N) is 2. The molecule has 12 heteroatoms. The number of carbonyl (C=O) groups excluding carboxylic acids is 3. The maximum Gasteiger partial charge on any atom is 0.335 e. The molecule has 0 unspecified atom stereocenters. The molecule has 1 heterocycles. The second kappa shape index (κ2) is 11.7. The number of rotatable bonds is 12. The first-order valence-corrected chi connectivity index (χ1v) is 11.2. The van der Waals surface area contributed by atoms with Gasteiger partial charge in [-0.3, -0.25) is 19.2 Å². The number of aliphatic carboxylic acids is 2. The Hall–Kier alpha value is -2.86. The third-order valence-electron chi connectivity index (χ3n) is 4.99. The molecule has 0 spiro atoms. The number of allylic oxidation sites excluding steroid dienone is 1. The minimum Gasteiger partial charge on any atom is -0.480 e. The Balaban J connectivity index is 1.99. The fourth-order valence-electron chi connectivity index (χ4n) is 3.23. The number of fused-ring (bicyclic) bond motifs is 1. The van der Waals surface area contributed by atoms with E-state index in [1.54, 1.807) is 0 Å². The SMILES string of the molecule is CC1=CC2=C(CSC[C@H](NC(=O)CC[C@H](N)C(=O)O)C(=O)NCC(=O)O)C(=O)O[C@@H]2CC1. The van der Waals surface area contributed by atoms with Crippen molar-refractivity contribution in [3.63, 3.8) is 0 Å². The van der Waals surface area contributed by atoms with Crippen molar-refractivity contribution in [1.29, 1.82) is 0 Å². The van der Waals surface area contributed by atoms with Crippen LogP contribution in [0.25, 0.3) is 0 Å². The molecule has 3 atom stereocenters. The summed E-state index contributed by atoms with van der Waals surface area (Å²) >= 11 is 1.22. The van der Waals surface area contributed by atoms with Gasteiger partial charge in [0.05, 0.1) is 5.57 Å². The molecule has 0 saturated carbocycles. The Morgan fingerprint density at radius 2 is 2.03 bits per heavy atom. The molecule has 1 aliphatic carbocycles. The van der Waals surface area contributed by atoms with E-state index in [4.69, 9.17) is 20.7 Å². The smallest absolute Gasteiger partial charge is 0.335 e. The molecule has 0 aromatic rings. The molecule has 2 rings (SSSR count). The molecule has 0 aromatic heterocycles. The summed E-state index contributed by atoms with van der Waals surface area (Å²) in [5, 5.41) is 22.3. The van der Waals surface area contributed by atoms with Crippen molar-refractivity contribution >= 4 is 41.5 Å². The first kappa shape index (κ1) is 25.4. The molecule has 2 amide bonds. The van der Waals surface area contributed by atoms with Gasteiger partial charge in [-0.15, -0.1) is 0 Å². The highest BCUT2D eigenvalue weighted by atomic mass is 32.2. The van der Waals surface area contributed by atoms with Crippen molar-refractivity contribution in [2.24, 2.45) is 5.73 Å². The number of hydrogen-bond acceptors (Lipinski definition) is 8. The molecule has 0 aromatic carbocycles. The van der Waals surface area contributed by atoms with Crippen LogP contribution in [0.2, 0.25) is 0 Å². The maximum absolute atomic E-state index is 12.4. The number of amides is 2. The first-order valence-electron chi connectivity index (χ1n) is 10.0. The van der Waals surface area contributed by atoms with Crippen LogP contribution in [0.4, 0.5) is 0 Å². The van der Waals surface area contributed by atoms with Gasteiger partial charge in [0.1, 0.15) is 24.7 Å². The van der Waals surface area contributed by atoms with Crippen LogP contribution in [-0.2, 0) is 28.7 Å². The van der Waals surface area contributed by atoms with Gasteiger partial charge < -0.3 is 31.3 Å². The molecule has 0 saturated heterocycles. The Bertz CT molecular complexity index is 854. The van der Waals surface area contributed by atoms with Crippen LogP contribution in [0.5, 0.6) is 0 Å². The third kappa shape index (κ3) is 7.38. The van der Waals surface area contributed by atoms with Gasteiger partial charge in [0.25, 0.3) is 0 Å². The Labute approximate surface area is 188 Å². The maximum atomic E-state index is 12.4. The highest BCUT2D eigenvalue weighted by molar-refractivity contribution is 7.99. The predicted octanol–water partition coefficient (Wildman–Crippen LogP) is -0.441. The van der Waals surface area contributed by atoms with Crippen LogP contribution in [0.15, 0.2) is 22.8 Å². The fourth-order valence-corrected chi connectivity index (χ4v) is 4.31. The second-order valence-corrected chi connectivity index (χ2v) is 8.62. The molecule has 32 heavy (non-hydrogen) atoms. The van der Waals surface area contributed by atoms with Gasteiger partial charge in [0.15, 0.2) is 0 Å². The van der Waals surface area contributed by atoms with E-state index in [-0.39, 0.29) is 30.5 Å². The summed E-state index contributed by atoms with van der Waals surface area (Å²) in [7, 11) is 0. The van der Waals surface area contributed by atoms with Crippen LogP contribution >= 0.6 is 11.8 Å². The largest absolute Gasteiger partial charge is 0.480 e. The molecule has 0 fully saturated rings. The lowest BCUT2D eigenvalue weighted by Crippen LogP contribution is -2.49. The topological polar surface area (TPSA) is 185 Å². The number of esters is 1. The second-order valence-electron chi connectivity index (χ2n) is 7.59. The molecule has 0 bridgehead atoms. The number of nitrogens with two attached hydrogens (primary N) is 1. The van der Waals surface area contributed by atoms with Gasteiger partial charge in [0.2, 0.25) is 11.8 Å². The zero-order valence-electron chi connectivity index (χ0n) is 17.6. The number of thioether (sulfide) groups is 1. The van der Waals surface area contributed by atoms with Gasteiger partial charge in [-0.2, -0.15) is 11.8 Å². The predicted molar refractivity (Wildman–Crippen MR) is 115 cm³/mol. The quantitative estimate of drug-likeness (QED) is 0.235. The van der Waals surface area contributed by atoms with Crippen molar-refractivity contribution in [3.05, 3.63) is 22.8 Å². The summed E-state index contributed by atoms with van der Waals surface area (Å²) in [4.78, 5) is 58.3. The lowest BCUT2D eigenvalue weighted by Gasteiger charge is -2.18. The van der Waals surface area contributed by atoms with Gasteiger partial charge in [-0.1, -0.05) is 11.6 Å². The van der Waals surface area contributed by atoms with E-state index >= 15 is 0 Å². The van der Waals surface area contributed by atoms with E-state index in [0.717, 1.165) is 24.0 Å². The van der Waals surface area contributed by atoms with Crippen LogP contribution in [0.3, 0.4) is 0 Å². The third-order valence-corrected chi connectivity index (χ3v) is 6.05. The van der Waals surface area contributed by atoms with Crippen LogP contribution < -0.4 is 16.4 Å². The molecule has 11 nitrogen and oxygen atoms in total. The van der Waals surface area contributed by atoms with E-state index < -0.39 is 48.4 Å². The van der Waals surface area contributed by atoms with Crippen molar-refractivity contribution in [2.45, 2.75) is 50.8 Å². The van der Waals surface area contributed by atoms with E-state index in [2.05, 4.69) is 10.6 Å².